The van der Waals surface area contributed by atoms with Crippen molar-refractivity contribution in [3.8, 4) is 0 Å². The lowest BCUT2D eigenvalue weighted by molar-refractivity contribution is -0.121. The van der Waals surface area contributed by atoms with Gasteiger partial charge in [0.15, 0.2) is 0 Å². The molecule has 4 amide bonds. The summed E-state index contributed by atoms with van der Waals surface area (Å²) in [5.74, 6) is -1.01. The Morgan fingerprint density at radius 1 is 1.30 bits per heavy atom. The first-order chi connectivity index (χ1) is 9.45. The molecule has 20 heavy (non-hydrogen) atoms. The molecule has 1 aliphatic heterocycles. The second-order valence-corrected chi connectivity index (χ2v) is 4.74. The van der Waals surface area contributed by atoms with E-state index in [2.05, 4.69) is 5.43 Å². The van der Waals surface area contributed by atoms with Gasteiger partial charge in [-0.05, 0) is 23.8 Å². The summed E-state index contributed by atoms with van der Waals surface area (Å²) in [6.07, 6.45) is 2.73. The highest BCUT2D eigenvalue weighted by molar-refractivity contribution is 6.42. The van der Waals surface area contributed by atoms with Crippen LogP contribution in [0, 0.1) is 0 Å². The Labute approximate surface area is 124 Å². The van der Waals surface area contributed by atoms with Gasteiger partial charge < -0.3 is 0 Å². The molecule has 1 aromatic rings. The zero-order valence-electron chi connectivity index (χ0n) is 10.0. The minimum absolute atomic E-state index is 0.203. The van der Waals surface area contributed by atoms with Gasteiger partial charge in [-0.2, -0.15) is 0 Å². The number of imide groups is 1. The van der Waals surface area contributed by atoms with Gasteiger partial charge in [-0.3, -0.25) is 20.3 Å². The van der Waals surface area contributed by atoms with E-state index in [0.717, 1.165) is 5.01 Å². The van der Waals surface area contributed by atoms with Crippen molar-refractivity contribution in [3.63, 3.8) is 0 Å². The van der Waals surface area contributed by atoms with E-state index in [4.69, 9.17) is 23.2 Å². The average molecular weight is 314 g/mol. The quantitative estimate of drug-likeness (QED) is 0.657. The fourth-order valence-electron chi connectivity index (χ4n) is 1.49. The van der Waals surface area contributed by atoms with Crippen LogP contribution in [0.5, 0.6) is 0 Å². The number of hydrogen-bond donors (Lipinski definition) is 2. The standard InChI is InChI=1S/C12H9Cl2N3O3/c13-8-3-1-7(5-9(8)14)2-4-10(18)16-17-6-11(19)15-12(17)20/h1-5H,6H2,(H,16,18)(H,15,19,20). The number of carbonyl (C=O) groups is 3. The Kier molecular flexibility index (Phi) is 4.26. The highest BCUT2D eigenvalue weighted by Gasteiger charge is 2.27. The summed E-state index contributed by atoms with van der Waals surface area (Å²) in [5.41, 5.74) is 2.95. The Balaban J connectivity index is 1.97. The summed E-state index contributed by atoms with van der Waals surface area (Å²) < 4.78 is 0. The summed E-state index contributed by atoms with van der Waals surface area (Å²) in [4.78, 5) is 33.7. The zero-order chi connectivity index (χ0) is 14.7. The third-order valence-corrected chi connectivity index (χ3v) is 3.15. The lowest BCUT2D eigenvalue weighted by Crippen LogP contribution is -2.43. The smallest absolute Gasteiger partial charge is 0.275 e. The Bertz CT molecular complexity index is 616. The number of nitrogens with zero attached hydrogens (tertiary/aromatic N) is 1. The molecular formula is C12H9Cl2N3O3. The van der Waals surface area contributed by atoms with Crippen molar-refractivity contribution in [3.05, 3.63) is 39.9 Å². The zero-order valence-corrected chi connectivity index (χ0v) is 11.5. The fourth-order valence-corrected chi connectivity index (χ4v) is 1.80. The van der Waals surface area contributed by atoms with Crippen LogP contribution < -0.4 is 10.7 Å². The van der Waals surface area contributed by atoms with Gasteiger partial charge in [-0.1, -0.05) is 29.3 Å². The first-order valence-electron chi connectivity index (χ1n) is 5.51. The van der Waals surface area contributed by atoms with Gasteiger partial charge in [0.05, 0.1) is 10.0 Å². The molecule has 1 aromatic carbocycles. The first-order valence-corrected chi connectivity index (χ1v) is 6.26. The highest BCUT2D eigenvalue weighted by Crippen LogP contribution is 2.23. The lowest BCUT2D eigenvalue weighted by Gasteiger charge is -2.12. The molecule has 0 radical (unpaired) electrons. The number of amides is 4. The Hall–Kier alpha value is -2.05. The Morgan fingerprint density at radius 3 is 2.65 bits per heavy atom. The average Bonchev–Trinajstić information content (AvgIpc) is 2.69. The molecule has 0 bridgehead atoms. The third-order valence-electron chi connectivity index (χ3n) is 2.41. The molecule has 2 N–H and O–H groups in total. The van der Waals surface area contributed by atoms with Crippen molar-refractivity contribution in [2.75, 3.05) is 6.54 Å². The normalized spacial score (nSPS) is 14.8. The van der Waals surface area contributed by atoms with Crippen LogP contribution in [0.1, 0.15) is 5.56 Å². The highest BCUT2D eigenvalue weighted by atomic mass is 35.5. The van der Waals surface area contributed by atoms with Crippen molar-refractivity contribution in [1.29, 1.82) is 0 Å². The number of hydrogen-bond acceptors (Lipinski definition) is 3. The van der Waals surface area contributed by atoms with E-state index < -0.39 is 17.8 Å². The molecule has 0 atom stereocenters. The van der Waals surface area contributed by atoms with Gasteiger partial charge in [0, 0.05) is 6.08 Å². The molecule has 104 valence electrons. The predicted molar refractivity (Wildman–Crippen MR) is 73.9 cm³/mol. The molecule has 0 spiro atoms. The van der Waals surface area contributed by atoms with Gasteiger partial charge in [0.2, 0.25) is 5.91 Å². The molecule has 1 saturated heterocycles. The van der Waals surface area contributed by atoms with E-state index in [1.54, 1.807) is 18.2 Å². The third kappa shape index (κ3) is 3.49. The van der Waals surface area contributed by atoms with E-state index in [1.165, 1.54) is 12.2 Å². The first kappa shape index (κ1) is 14.4. The predicted octanol–water partition coefficient (Wildman–Crippen LogP) is 1.59. The van der Waals surface area contributed by atoms with Crippen LogP contribution in [0.2, 0.25) is 10.0 Å². The summed E-state index contributed by atoms with van der Waals surface area (Å²) in [5, 5.41) is 3.72. The van der Waals surface area contributed by atoms with E-state index in [1.807, 2.05) is 5.32 Å². The topological polar surface area (TPSA) is 78.5 Å². The molecular weight excluding hydrogens is 305 g/mol. The molecule has 1 fully saturated rings. The monoisotopic (exact) mass is 313 g/mol. The molecule has 1 aliphatic rings. The molecule has 1 heterocycles. The number of nitrogens with one attached hydrogen (secondary N) is 2. The largest absolute Gasteiger partial charge is 0.343 e. The summed E-state index contributed by atoms with van der Waals surface area (Å²) in [6.45, 7) is -0.203. The molecule has 0 unspecified atom stereocenters. The van der Waals surface area contributed by atoms with E-state index >= 15 is 0 Å². The van der Waals surface area contributed by atoms with E-state index in [0.29, 0.717) is 15.6 Å². The van der Waals surface area contributed by atoms with E-state index in [-0.39, 0.29) is 6.54 Å². The van der Waals surface area contributed by atoms with Crippen molar-refractivity contribution in [2.45, 2.75) is 0 Å². The minimum Gasteiger partial charge on any atom is -0.275 e. The number of halogens is 2. The second kappa shape index (κ2) is 5.94. The number of hydrazine groups is 1. The molecule has 2 rings (SSSR count). The van der Waals surface area contributed by atoms with Crippen LogP contribution >= 0.6 is 23.2 Å². The van der Waals surface area contributed by atoms with Gasteiger partial charge in [0.25, 0.3) is 5.91 Å². The van der Waals surface area contributed by atoms with Crippen LogP contribution in [-0.2, 0) is 9.59 Å². The van der Waals surface area contributed by atoms with Crippen LogP contribution in [-0.4, -0.2) is 29.4 Å². The fraction of sp³-hybridized carbons (Fsp3) is 0.0833. The van der Waals surface area contributed by atoms with Gasteiger partial charge in [0.1, 0.15) is 6.54 Å². The van der Waals surface area contributed by atoms with Crippen molar-refractivity contribution in [2.24, 2.45) is 0 Å². The van der Waals surface area contributed by atoms with Crippen molar-refractivity contribution < 1.29 is 14.4 Å². The molecule has 8 heteroatoms. The second-order valence-electron chi connectivity index (χ2n) is 3.92. The Morgan fingerprint density at radius 2 is 2.05 bits per heavy atom. The number of benzene rings is 1. The van der Waals surface area contributed by atoms with Crippen LogP contribution in [0.3, 0.4) is 0 Å². The molecule has 0 aliphatic carbocycles. The van der Waals surface area contributed by atoms with Gasteiger partial charge >= 0.3 is 6.03 Å². The number of rotatable bonds is 3. The number of carbonyl (C=O) groups excluding carboxylic acids is 3. The van der Waals surface area contributed by atoms with E-state index in [9.17, 15) is 14.4 Å². The number of urea groups is 1. The molecule has 0 saturated carbocycles. The SMILES string of the molecule is O=C(C=Cc1ccc(Cl)c(Cl)c1)NN1CC(=O)NC1=O. The maximum Gasteiger partial charge on any atom is 0.343 e. The summed E-state index contributed by atoms with van der Waals surface area (Å²) in [7, 11) is 0. The minimum atomic E-state index is -0.661. The summed E-state index contributed by atoms with van der Waals surface area (Å²) >= 11 is 11.6. The molecule has 0 aromatic heterocycles. The van der Waals surface area contributed by atoms with Crippen LogP contribution in [0.25, 0.3) is 6.08 Å². The van der Waals surface area contributed by atoms with Gasteiger partial charge in [-0.25, -0.2) is 9.80 Å². The van der Waals surface area contributed by atoms with Gasteiger partial charge in [-0.15, -0.1) is 0 Å². The maximum absolute atomic E-state index is 11.6. The molecule has 6 nitrogen and oxygen atoms in total. The summed E-state index contributed by atoms with van der Waals surface area (Å²) in [6, 6.07) is 4.23. The van der Waals surface area contributed by atoms with Crippen LogP contribution in [0.15, 0.2) is 24.3 Å². The lowest BCUT2D eigenvalue weighted by atomic mass is 10.2. The van der Waals surface area contributed by atoms with Crippen molar-refractivity contribution in [1.82, 2.24) is 15.8 Å². The van der Waals surface area contributed by atoms with Crippen molar-refractivity contribution >= 4 is 47.1 Å². The van der Waals surface area contributed by atoms with Crippen LogP contribution in [0.4, 0.5) is 4.79 Å². The maximum atomic E-state index is 11.6.